The number of thioether (sulfide) groups is 2. The van der Waals surface area contributed by atoms with Crippen molar-refractivity contribution < 1.29 is 8.94 Å². The van der Waals surface area contributed by atoms with Crippen LogP contribution in [0.1, 0.15) is 30.7 Å². The fourth-order valence-electron chi connectivity index (χ4n) is 1.99. The number of nitrogens with zero attached hydrogens (tertiary/aromatic N) is 2. The predicted octanol–water partition coefficient (Wildman–Crippen LogP) is 3.09. The summed E-state index contributed by atoms with van der Waals surface area (Å²) in [5.41, 5.74) is 5.53. The van der Waals surface area contributed by atoms with Gasteiger partial charge in [-0.1, -0.05) is 19.0 Å². The molecule has 5 nitrogen and oxygen atoms in total. The zero-order chi connectivity index (χ0) is 14.1. The highest BCUT2D eigenvalue weighted by molar-refractivity contribution is 8.07. The van der Waals surface area contributed by atoms with E-state index in [-0.39, 0.29) is 5.25 Å². The van der Waals surface area contributed by atoms with Crippen LogP contribution < -0.4 is 5.73 Å². The fraction of sp³-hybridized carbons (Fsp3) is 0.538. The third-order valence-electron chi connectivity index (χ3n) is 3.35. The number of aromatic nitrogens is 2. The van der Waals surface area contributed by atoms with Crippen LogP contribution in [-0.4, -0.2) is 26.4 Å². The minimum Gasteiger partial charge on any atom is -0.455 e. The molecule has 3 heterocycles. The van der Waals surface area contributed by atoms with Gasteiger partial charge in [-0.15, -0.1) is 11.8 Å². The molecule has 1 fully saturated rings. The van der Waals surface area contributed by atoms with Crippen molar-refractivity contribution in [2.24, 2.45) is 5.73 Å². The van der Waals surface area contributed by atoms with Crippen molar-refractivity contribution in [3.63, 3.8) is 0 Å². The molecule has 2 N–H and O–H groups in total. The molecule has 0 bridgehead atoms. The lowest BCUT2D eigenvalue weighted by atomic mass is 10.3. The SMILES string of the molecule is CC1SCC(c2noc(-c3ccc(CN)o3)n2)SC1C. The Morgan fingerprint density at radius 1 is 1.35 bits per heavy atom. The number of furan rings is 1. The second kappa shape index (κ2) is 5.83. The maximum absolute atomic E-state index is 5.53. The summed E-state index contributed by atoms with van der Waals surface area (Å²) in [6, 6.07) is 3.64. The molecule has 3 unspecified atom stereocenters. The van der Waals surface area contributed by atoms with Crippen molar-refractivity contribution in [2.45, 2.75) is 36.1 Å². The van der Waals surface area contributed by atoms with Gasteiger partial charge in [0.1, 0.15) is 5.76 Å². The van der Waals surface area contributed by atoms with Gasteiger partial charge in [0, 0.05) is 16.3 Å². The van der Waals surface area contributed by atoms with E-state index in [9.17, 15) is 0 Å². The molecule has 0 aromatic carbocycles. The predicted molar refractivity (Wildman–Crippen MR) is 81.6 cm³/mol. The Kier molecular flexibility index (Phi) is 4.09. The van der Waals surface area contributed by atoms with Gasteiger partial charge in [-0.3, -0.25) is 0 Å². The molecule has 3 rings (SSSR count). The highest BCUT2D eigenvalue weighted by atomic mass is 32.2. The monoisotopic (exact) mass is 311 g/mol. The summed E-state index contributed by atoms with van der Waals surface area (Å²) in [5, 5.41) is 5.64. The third kappa shape index (κ3) is 2.75. The Hall–Kier alpha value is -0.920. The van der Waals surface area contributed by atoms with E-state index < -0.39 is 0 Å². The summed E-state index contributed by atoms with van der Waals surface area (Å²) in [5.74, 6) is 3.49. The molecule has 0 amide bonds. The number of rotatable bonds is 3. The van der Waals surface area contributed by atoms with Crippen molar-refractivity contribution >= 4 is 23.5 Å². The van der Waals surface area contributed by atoms with Crippen molar-refractivity contribution in [1.82, 2.24) is 10.1 Å². The Morgan fingerprint density at radius 3 is 2.90 bits per heavy atom. The minimum atomic E-state index is 0.285. The Bertz CT molecular complexity index is 584. The van der Waals surface area contributed by atoms with E-state index in [1.165, 1.54) is 0 Å². The maximum atomic E-state index is 5.53. The van der Waals surface area contributed by atoms with E-state index in [0.717, 1.165) is 11.6 Å². The molecule has 1 saturated heterocycles. The molecule has 0 radical (unpaired) electrons. The van der Waals surface area contributed by atoms with E-state index in [1.54, 1.807) is 0 Å². The van der Waals surface area contributed by atoms with Gasteiger partial charge in [-0.25, -0.2) is 0 Å². The summed E-state index contributed by atoms with van der Waals surface area (Å²) in [7, 11) is 0. The zero-order valence-corrected chi connectivity index (χ0v) is 13.0. The summed E-state index contributed by atoms with van der Waals surface area (Å²) < 4.78 is 10.8. The summed E-state index contributed by atoms with van der Waals surface area (Å²) in [4.78, 5) is 4.46. The fourth-order valence-corrected chi connectivity index (χ4v) is 4.82. The van der Waals surface area contributed by atoms with Crippen molar-refractivity contribution in [3.8, 4) is 11.7 Å². The van der Waals surface area contributed by atoms with Crippen molar-refractivity contribution in [3.05, 3.63) is 23.7 Å². The molecular weight excluding hydrogens is 294 g/mol. The highest BCUT2D eigenvalue weighted by Gasteiger charge is 2.30. The first-order valence-corrected chi connectivity index (χ1v) is 8.56. The second-order valence-electron chi connectivity index (χ2n) is 4.80. The van der Waals surface area contributed by atoms with Gasteiger partial charge >= 0.3 is 0 Å². The minimum absolute atomic E-state index is 0.285. The first-order chi connectivity index (χ1) is 9.67. The zero-order valence-electron chi connectivity index (χ0n) is 11.4. The lowest BCUT2D eigenvalue weighted by molar-refractivity contribution is 0.405. The lowest BCUT2D eigenvalue weighted by Gasteiger charge is -2.29. The largest absolute Gasteiger partial charge is 0.455 e. The average molecular weight is 311 g/mol. The van der Waals surface area contributed by atoms with Crippen LogP contribution >= 0.6 is 23.5 Å². The molecule has 1 aliphatic rings. The van der Waals surface area contributed by atoms with Gasteiger partial charge in [0.05, 0.1) is 11.8 Å². The van der Waals surface area contributed by atoms with Gasteiger partial charge in [-0.2, -0.15) is 16.7 Å². The molecule has 0 saturated carbocycles. The van der Waals surface area contributed by atoms with Crippen LogP contribution in [-0.2, 0) is 6.54 Å². The molecule has 108 valence electrons. The Labute approximate surface area is 126 Å². The second-order valence-corrected chi connectivity index (χ2v) is 7.79. The lowest BCUT2D eigenvalue weighted by Crippen LogP contribution is -2.22. The smallest absolute Gasteiger partial charge is 0.293 e. The summed E-state index contributed by atoms with van der Waals surface area (Å²) >= 11 is 3.87. The van der Waals surface area contributed by atoms with E-state index in [2.05, 4.69) is 24.0 Å². The summed E-state index contributed by atoms with van der Waals surface area (Å²) in [6.45, 7) is 4.87. The normalized spacial score (nSPS) is 26.9. The molecule has 20 heavy (non-hydrogen) atoms. The molecule has 0 aliphatic carbocycles. The van der Waals surface area contributed by atoms with Crippen molar-refractivity contribution in [1.29, 1.82) is 0 Å². The quantitative estimate of drug-likeness (QED) is 0.933. The van der Waals surface area contributed by atoms with E-state index >= 15 is 0 Å². The standard InChI is InChI=1S/C13H17N3O2S2/c1-7-8(2)20-11(6-19-7)12-15-13(18-16-12)10-4-3-9(5-14)17-10/h3-4,7-8,11H,5-6,14H2,1-2H3. The van der Waals surface area contributed by atoms with Gasteiger partial charge in [-0.05, 0) is 12.1 Å². The van der Waals surface area contributed by atoms with Gasteiger partial charge in [0.15, 0.2) is 11.6 Å². The molecule has 3 atom stereocenters. The van der Waals surface area contributed by atoms with Crippen LogP contribution in [0.2, 0.25) is 0 Å². The highest BCUT2D eigenvalue weighted by Crippen LogP contribution is 2.43. The molecular formula is C13H17N3O2S2. The molecule has 1 aliphatic heterocycles. The topological polar surface area (TPSA) is 78.1 Å². The van der Waals surface area contributed by atoms with Crippen LogP contribution in [0.3, 0.4) is 0 Å². The Balaban J connectivity index is 1.76. The van der Waals surface area contributed by atoms with Crippen LogP contribution in [0.4, 0.5) is 0 Å². The van der Waals surface area contributed by atoms with E-state index in [0.29, 0.717) is 34.5 Å². The van der Waals surface area contributed by atoms with Crippen LogP contribution in [0.5, 0.6) is 0 Å². The Morgan fingerprint density at radius 2 is 2.20 bits per heavy atom. The van der Waals surface area contributed by atoms with Gasteiger partial charge in [0.2, 0.25) is 0 Å². The molecule has 0 spiro atoms. The van der Waals surface area contributed by atoms with Crippen LogP contribution in [0, 0.1) is 0 Å². The van der Waals surface area contributed by atoms with Crippen molar-refractivity contribution in [2.75, 3.05) is 5.75 Å². The van der Waals surface area contributed by atoms with Crippen LogP contribution in [0.25, 0.3) is 11.7 Å². The molecule has 7 heteroatoms. The first kappa shape index (κ1) is 14.0. The molecule has 2 aromatic rings. The van der Waals surface area contributed by atoms with E-state index in [1.807, 2.05) is 35.7 Å². The third-order valence-corrected chi connectivity index (χ3v) is 6.74. The van der Waals surface area contributed by atoms with Gasteiger partial charge in [0.25, 0.3) is 5.89 Å². The maximum Gasteiger partial charge on any atom is 0.293 e. The van der Waals surface area contributed by atoms with Crippen LogP contribution in [0.15, 0.2) is 21.1 Å². The number of hydrogen-bond donors (Lipinski definition) is 1. The summed E-state index contributed by atoms with van der Waals surface area (Å²) in [6.07, 6.45) is 0. The number of nitrogens with two attached hydrogens (primary N) is 1. The van der Waals surface area contributed by atoms with Gasteiger partial charge < -0.3 is 14.7 Å². The van der Waals surface area contributed by atoms with E-state index in [4.69, 9.17) is 14.7 Å². The molecule has 2 aromatic heterocycles. The number of hydrogen-bond acceptors (Lipinski definition) is 7. The average Bonchev–Trinajstić information content (AvgIpc) is 3.09. The first-order valence-electron chi connectivity index (χ1n) is 6.57.